The number of nitriles is 1. The Bertz CT molecular complexity index is 2570. The summed E-state index contributed by atoms with van der Waals surface area (Å²) in [5.41, 5.74) is 6.24. The number of carboxylic acid groups (broad SMARTS) is 2. The molecule has 3 atom stereocenters. The molecule has 0 spiro atoms. The second-order valence-corrected chi connectivity index (χ2v) is 23.3. The van der Waals surface area contributed by atoms with Crippen LogP contribution in [0.2, 0.25) is 0 Å². The highest BCUT2D eigenvalue weighted by Gasteiger charge is 2.44. The molecule has 24 heteroatoms. The summed E-state index contributed by atoms with van der Waals surface area (Å²) in [5, 5.41) is 36.2. The van der Waals surface area contributed by atoms with E-state index in [1.54, 1.807) is 20.8 Å². The van der Waals surface area contributed by atoms with E-state index in [9.17, 15) is 62.1 Å². The number of alkyl halides is 2. The van der Waals surface area contributed by atoms with Crippen LogP contribution in [0.25, 0.3) is 0 Å². The van der Waals surface area contributed by atoms with E-state index in [0.717, 1.165) is 81.9 Å². The SMILES string of the molecule is CC.CCC1CCNC1=O.Cc1ccc(CCCCCC(=O)NC(CCCCNC(=O)CN2CCN(CC=O)CCN(CC(=O)O)CCN(CC(=O)O)CC2)C(=O)N2CCC(Cc3cccc4c3CN(C=O)C4)CC2)cc1.N#CC1CC(F)(F)CN1C=O. The second-order valence-electron chi connectivity index (χ2n) is 23.3. The summed E-state index contributed by atoms with van der Waals surface area (Å²) in [6.07, 6.45) is 11.7. The summed E-state index contributed by atoms with van der Waals surface area (Å²) < 4.78 is 24.9. The number of nitrogens with zero attached hydrogens (tertiary/aromatic N) is 8. The Hall–Kier alpha value is -6.94. The highest BCUT2D eigenvalue weighted by atomic mass is 19.3. The second kappa shape index (κ2) is 39.8. The lowest BCUT2D eigenvalue weighted by Gasteiger charge is -2.35. The van der Waals surface area contributed by atoms with Gasteiger partial charge in [-0.1, -0.05) is 75.2 Å². The van der Waals surface area contributed by atoms with Crippen LogP contribution in [0.5, 0.6) is 0 Å². The van der Waals surface area contributed by atoms with E-state index in [2.05, 4.69) is 72.3 Å². The minimum Gasteiger partial charge on any atom is -0.480 e. The van der Waals surface area contributed by atoms with E-state index in [1.807, 2.05) is 28.5 Å². The van der Waals surface area contributed by atoms with E-state index in [-0.39, 0.29) is 56.2 Å². The Morgan fingerprint density at radius 2 is 1.40 bits per heavy atom. The van der Waals surface area contributed by atoms with Crippen LogP contribution in [-0.4, -0.2) is 228 Å². The maximum Gasteiger partial charge on any atom is 0.317 e. The number of carbonyl (C=O) groups excluding carboxylic acids is 7. The van der Waals surface area contributed by atoms with Crippen LogP contribution >= 0.6 is 0 Å². The number of aliphatic carboxylic acids is 2. The third-order valence-electron chi connectivity index (χ3n) is 16.6. The molecule has 5 aliphatic heterocycles. The number of likely N-dealkylation sites (tertiary alicyclic amines) is 2. The molecule has 3 unspecified atom stereocenters. The molecule has 22 nitrogen and oxygen atoms in total. The van der Waals surface area contributed by atoms with Crippen LogP contribution in [0.3, 0.4) is 0 Å². The van der Waals surface area contributed by atoms with E-state index in [4.69, 9.17) is 5.26 Å². The number of nitrogens with one attached hydrogen (secondary N) is 3. The molecule has 488 valence electrons. The van der Waals surface area contributed by atoms with E-state index >= 15 is 0 Å². The highest BCUT2D eigenvalue weighted by Crippen LogP contribution is 2.31. The minimum absolute atomic E-state index is 0.0668. The van der Waals surface area contributed by atoms with Crippen molar-refractivity contribution in [1.82, 2.24) is 50.2 Å². The molecule has 0 bridgehead atoms. The third kappa shape index (κ3) is 26.8. The van der Waals surface area contributed by atoms with Crippen molar-refractivity contribution in [3.63, 3.8) is 0 Å². The number of aldehydes is 1. The van der Waals surface area contributed by atoms with Crippen LogP contribution in [0.1, 0.15) is 126 Å². The number of piperidine rings is 1. The number of carboxylic acids is 2. The zero-order chi connectivity index (χ0) is 64.4. The molecule has 0 aromatic heterocycles. The monoisotopic (exact) mass is 1230 g/mol. The number of amides is 6. The molecule has 7 rings (SSSR count). The number of hydrogen-bond donors (Lipinski definition) is 5. The van der Waals surface area contributed by atoms with Gasteiger partial charge in [-0.2, -0.15) is 5.26 Å². The lowest BCUT2D eigenvalue weighted by atomic mass is 9.87. The molecule has 4 fully saturated rings. The van der Waals surface area contributed by atoms with Gasteiger partial charge in [0.1, 0.15) is 18.4 Å². The van der Waals surface area contributed by atoms with Crippen molar-refractivity contribution in [2.45, 2.75) is 149 Å². The molecule has 4 saturated heterocycles. The number of carbonyl (C=O) groups is 9. The fourth-order valence-electron chi connectivity index (χ4n) is 11.5. The smallest absolute Gasteiger partial charge is 0.317 e. The first kappa shape index (κ1) is 73.5. The van der Waals surface area contributed by atoms with Gasteiger partial charge in [0.15, 0.2) is 0 Å². The maximum atomic E-state index is 14.1. The molecular formula is C64H97F2N11O11. The molecule has 2 aromatic carbocycles. The van der Waals surface area contributed by atoms with E-state index < -0.39 is 42.9 Å². The molecule has 5 heterocycles. The Labute approximate surface area is 518 Å². The number of rotatable bonds is 26. The number of hydrogen-bond acceptors (Lipinski definition) is 14. The number of aryl methyl sites for hydroxylation is 2. The van der Waals surface area contributed by atoms with Gasteiger partial charge in [0.25, 0.3) is 5.92 Å². The van der Waals surface area contributed by atoms with Crippen molar-refractivity contribution in [2.75, 3.05) is 111 Å². The summed E-state index contributed by atoms with van der Waals surface area (Å²) in [7, 11) is 0. The van der Waals surface area contributed by atoms with Gasteiger partial charge in [-0.3, -0.25) is 58.0 Å². The van der Waals surface area contributed by atoms with Crippen molar-refractivity contribution in [3.8, 4) is 6.07 Å². The Morgan fingerprint density at radius 1 is 0.773 bits per heavy atom. The predicted octanol–water partition coefficient (Wildman–Crippen LogP) is 4.35. The topological polar surface area (TPSA) is 277 Å². The molecule has 5 aliphatic rings. The first-order chi connectivity index (χ1) is 42.3. The van der Waals surface area contributed by atoms with Gasteiger partial charge in [-0.05, 0) is 106 Å². The van der Waals surface area contributed by atoms with Crippen molar-refractivity contribution >= 4 is 54.7 Å². The summed E-state index contributed by atoms with van der Waals surface area (Å²) in [6, 6.07) is 14.9. The van der Waals surface area contributed by atoms with Crippen molar-refractivity contribution in [3.05, 3.63) is 70.3 Å². The first-order valence-corrected chi connectivity index (χ1v) is 31.5. The number of halogens is 2. The first-order valence-electron chi connectivity index (χ1n) is 31.5. The molecule has 0 saturated carbocycles. The summed E-state index contributed by atoms with van der Waals surface area (Å²) in [6.45, 7) is 14.3. The predicted molar refractivity (Wildman–Crippen MR) is 328 cm³/mol. The lowest BCUT2D eigenvalue weighted by molar-refractivity contribution is -0.140. The fourth-order valence-corrected chi connectivity index (χ4v) is 11.5. The molecule has 0 radical (unpaired) electrons. The Balaban J connectivity index is 0.000000662. The van der Waals surface area contributed by atoms with Gasteiger partial charge in [0.05, 0.1) is 38.8 Å². The van der Waals surface area contributed by atoms with Gasteiger partial charge >= 0.3 is 11.9 Å². The molecule has 5 N–H and O–H groups in total. The molecule has 0 aliphatic carbocycles. The van der Waals surface area contributed by atoms with Crippen LogP contribution in [0.4, 0.5) is 8.78 Å². The van der Waals surface area contributed by atoms with Crippen LogP contribution in [0, 0.1) is 30.1 Å². The van der Waals surface area contributed by atoms with Gasteiger partial charge in [0.2, 0.25) is 36.4 Å². The van der Waals surface area contributed by atoms with Crippen LogP contribution in [-0.2, 0) is 69.1 Å². The fraction of sp³-hybridized carbons (Fsp3) is 0.656. The Morgan fingerprint density at radius 3 is 1.93 bits per heavy atom. The van der Waals surface area contributed by atoms with Crippen LogP contribution < -0.4 is 16.0 Å². The summed E-state index contributed by atoms with van der Waals surface area (Å²) in [5.74, 6) is -4.28. The van der Waals surface area contributed by atoms with Gasteiger partial charge in [-0.25, -0.2) is 8.78 Å². The van der Waals surface area contributed by atoms with Gasteiger partial charge in [0, 0.05) is 110 Å². The minimum atomic E-state index is -2.89. The molecule has 6 amide bonds. The average Bonchev–Trinajstić information content (AvgIpc) is 2.49. The zero-order valence-corrected chi connectivity index (χ0v) is 52.3. The van der Waals surface area contributed by atoms with E-state index in [1.165, 1.54) is 27.8 Å². The molecule has 88 heavy (non-hydrogen) atoms. The van der Waals surface area contributed by atoms with Crippen LogP contribution in [0.15, 0.2) is 42.5 Å². The van der Waals surface area contributed by atoms with Crippen molar-refractivity contribution in [2.24, 2.45) is 11.8 Å². The largest absolute Gasteiger partial charge is 0.480 e. The van der Waals surface area contributed by atoms with Crippen molar-refractivity contribution in [1.29, 1.82) is 5.26 Å². The standard InChI is InChI=1S/C50H74N8O9.C6H6F2N2O.C6H11NO.C2H6/c1-39-13-15-40(16-14-39)8-3-2-4-12-46(61)52-45(50(67)58-20-17-41(18-21-58)32-42-9-7-10-43-33-57(38-60)34-44(42)43)11-5-6-19-51-47(62)35-54-24-22-53(30-31-59)23-25-55(36-48(63)64)28-29-56(27-26-54)37-49(65)66;7-6(8)1-5(2-9)10(3-6)4-11;1-2-5-3-4-7-6(5)8;1-2/h7,9-10,13-16,31,38,41,45H,2-6,8,11-12,17-30,32-37H2,1H3,(H,51,62)(H,52,61)(H,63,64)(H,65,66);4-5H,1,3H2;5H,2-4H2,1H3,(H,7,8);1-2H3. The highest BCUT2D eigenvalue weighted by molar-refractivity contribution is 5.87. The average molecular weight is 1230 g/mol. The normalized spacial score (nSPS) is 19.6. The van der Waals surface area contributed by atoms with Crippen molar-refractivity contribution < 1.29 is 62.1 Å². The Kier molecular flexibility index (Phi) is 33.3. The lowest BCUT2D eigenvalue weighted by Crippen LogP contribution is -2.51. The zero-order valence-electron chi connectivity index (χ0n) is 52.3. The van der Waals surface area contributed by atoms with Gasteiger partial charge in [-0.15, -0.1) is 0 Å². The number of unbranched alkanes of at least 4 members (excludes halogenated alkanes) is 3. The third-order valence-corrected chi connectivity index (χ3v) is 16.6. The maximum absolute atomic E-state index is 14.1. The molecular weight excluding hydrogens is 1140 g/mol. The summed E-state index contributed by atoms with van der Waals surface area (Å²) in [4.78, 5) is 120. The number of benzene rings is 2. The number of fused-ring (bicyclic) bond motifs is 1. The van der Waals surface area contributed by atoms with E-state index in [0.29, 0.717) is 123 Å². The quantitative estimate of drug-likeness (QED) is 0.0647. The van der Waals surface area contributed by atoms with Gasteiger partial charge < -0.3 is 45.7 Å². The molecule has 2 aromatic rings. The summed E-state index contributed by atoms with van der Waals surface area (Å²) >= 11 is 0.